The Morgan fingerprint density at radius 2 is 2.20 bits per heavy atom. The third-order valence-corrected chi connectivity index (χ3v) is 3.19. The van der Waals surface area contributed by atoms with Gasteiger partial charge in [0.05, 0.1) is 12.8 Å². The topological polar surface area (TPSA) is 47.4 Å². The number of aryl methyl sites for hydroxylation is 2. The maximum atomic E-state index is 12.4. The van der Waals surface area contributed by atoms with E-state index < -0.39 is 0 Å². The highest BCUT2D eigenvalue weighted by Crippen LogP contribution is 2.15. The van der Waals surface area contributed by atoms with E-state index in [4.69, 9.17) is 4.74 Å². The number of nitrogens with zero attached hydrogens (tertiary/aromatic N) is 3. The van der Waals surface area contributed by atoms with E-state index in [1.165, 1.54) is 0 Å². The third kappa shape index (κ3) is 2.99. The Kier molecular flexibility index (Phi) is 4.08. The van der Waals surface area contributed by atoms with E-state index in [1.54, 1.807) is 35.9 Å². The summed E-state index contributed by atoms with van der Waals surface area (Å²) < 4.78 is 6.90. The molecule has 20 heavy (non-hydrogen) atoms. The van der Waals surface area contributed by atoms with Crippen molar-refractivity contribution in [2.24, 2.45) is 7.05 Å². The molecule has 0 fully saturated rings. The number of aromatic nitrogens is 2. The lowest BCUT2D eigenvalue weighted by Gasteiger charge is -2.17. The molecule has 2 rings (SSSR count). The SMILES string of the molecule is COc1cccc(C(=O)N(C)Cc2cn(C)nc2C)c1. The van der Waals surface area contributed by atoms with Crippen LogP contribution in [0.2, 0.25) is 0 Å². The summed E-state index contributed by atoms with van der Waals surface area (Å²) in [5.41, 5.74) is 2.61. The molecule has 106 valence electrons. The summed E-state index contributed by atoms with van der Waals surface area (Å²) in [5.74, 6) is 0.647. The monoisotopic (exact) mass is 273 g/mol. The first-order valence-electron chi connectivity index (χ1n) is 6.40. The van der Waals surface area contributed by atoms with Crippen LogP contribution in [-0.2, 0) is 13.6 Å². The molecule has 0 aliphatic heterocycles. The van der Waals surface area contributed by atoms with Gasteiger partial charge in [-0.2, -0.15) is 5.10 Å². The lowest BCUT2D eigenvalue weighted by atomic mass is 10.1. The van der Waals surface area contributed by atoms with E-state index in [-0.39, 0.29) is 5.91 Å². The predicted molar refractivity (Wildman–Crippen MR) is 76.7 cm³/mol. The first-order valence-corrected chi connectivity index (χ1v) is 6.40. The Morgan fingerprint density at radius 1 is 1.45 bits per heavy atom. The Labute approximate surface area is 118 Å². The summed E-state index contributed by atoms with van der Waals surface area (Å²) in [5, 5.41) is 4.28. The van der Waals surface area contributed by atoms with Crippen LogP contribution in [0.4, 0.5) is 0 Å². The van der Waals surface area contributed by atoms with Crippen LogP contribution in [0.25, 0.3) is 0 Å². The molecule has 1 aromatic heterocycles. The van der Waals surface area contributed by atoms with Gasteiger partial charge in [-0.3, -0.25) is 9.48 Å². The van der Waals surface area contributed by atoms with Crippen LogP contribution in [0.3, 0.4) is 0 Å². The van der Waals surface area contributed by atoms with Crippen LogP contribution < -0.4 is 4.74 Å². The quantitative estimate of drug-likeness (QED) is 0.856. The Bertz CT molecular complexity index is 619. The van der Waals surface area contributed by atoms with E-state index in [9.17, 15) is 4.79 Å². The highest BCUT2D eigenvalue weighted by atomic mass is 16.5. The second kappa shape index (κ2) is 5.77. The van der Waals surface area contributed by atoms with Gasteiger partial charge in [-0.25, -0.2) is 0 Å². The van der Waals surface area contributed by atoms with Gasteiger partial charge >= 0.3 is 0 Å². The minimum Gasteiger partial charge on any atom is -0.497 e. The second-order valence-electron chi connectivity index (χ2n) is 4.81. The number of ether oxygens (including phenoxy) is 1. The molecule has 1 amide bonds. The summed E-state index contributed by atoms with van der Waals surface area (Å²) in [6.07, 6.45) is 1.94. The zero-order valence-electron chi connectivity index (χ0n) is 12.3. The first kappa shape index (κ1) is 14.1. The third-order valence-electron chi connectivity index (χ3n) is 3.19. The Balaban J connectivity index is 2.14. The van der Waals surface area contributed by atoms with Gasteiger partial charge in [0, 0.05) is 38.0 Å². The Morgan fingerprint density at radius 3 is 2.80 bits per heavy atom. The summed E-state index contributed by atoms with van der Waals surface area (Å²) >= 11 is 0. The minimum absolute atomic E-state index is 0.0350. The number of rotatable bonds is 4. The largest absolute Gasteiger partial charge is 0.497 e. The molecule has 1 aromatic carbocycles. The lowest BCUT2D eigenvalue weighted by molar-refractivity contribution is 0.0784. The van der Waals surface area contributed by atoms with Crippen LogP contribution in [0.5, 0.6) is 5.75 Å². The van der Waals surface area contributed by atoms with Crippen molar-refractivity contribution in [3.05, 3.63) is 47.3 Å². The number of benzene rings is 1. The fourth-order valence-electron chi connectivity index (χ4n) is 2.11. The van der Waals surface area contributed by atoms with Gasteiger partial charge in [0.25, 0.3) is 5.91 Å². The van der Waals surface area contributed by atoms with Gasteiger partial charge in [0.1, 0.15) is 5.75 Å². The molecule has 0 saturated heterocycles. The summed E-state index contributed by atoms with van der Waals surface area (Å²) in [4.78, 5) is 14.1. The molecule has 0 bridgehead atoms. The highest BCUT2D eigenvalue weighted by molar-refractivity contribution is 5.94. The molecule has 0 N–H and O–H groups in total. The van der Waals surface area contributed by atoms with Crippen LogP contribution in [0, 0.1) is 6.92 Å². The van der Waals surface area contributed by atoms with E-state index in [0.717, 1.165) is 11.3 Å². The van der Waals surface area contributed by atoms with Gasteiger partial charge in [0.2, 0.25) is 0 Å². The first-order chi connectivity index (χ1) is 9.51. The Hall–Kier alpha value is -2.30. The number of carbonyl (C=O) groups excluding carboxylic acids is 1. The van der Waals surface area contributed by atoms with Crippen molar-refractivity contribution in [3.8, 4) is 5.75 Å². The summed E-state index contributed by atoms with van der Waals surface area (Å²) in [6.45, 7) is 2.48. The molecule has 0 radical (unpaired) electrons. The molecule has 1 heterocycles. The van der Waals surface area contributed by atoms with Gasteiger partial charge < -0.3 is 9.64 Å². The van der Waals surface area contributed by atoms with Crippen molar-refractivity contribution < 1.29 is 9.53 Å². The zero-order chi connectivity index (χ0) is 14.7. The van der Waals surface area contributed by atoms with Crippen molar-refractivity contribution >= 4 is 5.91 Å². The van der Waals surface area contributed by atoms with E-state index in [1.807, 2.05) is 32.3 Å². The smallest absolute Gasteiger partial charge is 0.254 e. The van der Waals surface area contributed by atoms with Crippen LogP contribution >= 0.6 is 0 Å². The number of hydrogen-bond donors (Lipinski definition) is 0. The molecule has 0 aliphatic carbocycles. The summed E-state index contributed by atoms with van der Waals surface area (Å²) in [7, 11) is 5.25. The molecule has 0 aliphatic rings. The van der Waals surface area contributed by atoms with Gasteiger partial charge in [0.15, 0.2) is 0 Å². The standard InChI is InChI=1S/C15H19N3O2/c1-11-13(10-18(3)16-11)9-17(2)15(19)12-6-5-7-14(8-12)20-4/h5-8,10H,9H2,1-4H3. The number of hydrogen-bond acceptors (Lipinski definition) is 3. The van der Waals surface area contributed by atoms with Crippen LogP contribution in [0.1, 0.15) is 21.6 Å². The molecule has 0 spiro atoms. The average Bonchev–Trinajstić information content (AvgIpc) is 2.76. The fourth-order valence-corrected chi connectivity index (χ4v) is 2.11. The van der Waals surface area contributed by atoms with Gasteiger partial charge in [-0.1, -0.05) is 6.07 Å². The van der Waals surface area contributed by atoms with Gasteiger partial charge in [-0.05, 0) is 25.1 Å². The molecule has 0 unspecified atom stereocenters. The van der Waals surface area contributed by atoms with Crippen LogP contribution in [0.15, 0.2) is 30.5 Å². The maximum Gasteiger partial charge on any atom is 0.254 e. The molecule has 2 aromatic rings. The maximum absolute atomic E-state index is 12.4. The van der Waals surface area contributed by atoms with E-state index in [0.29, 0.717) is 17.9 Å². The van der Waals surface area contributed by atoms with Crippen molar-refractivity contribution in [2.45, 2.75) is 13.5 Å². The normalized spacial score (nSPS) is 10.4. The number of carbonyl (C=O) groups is 1. The summed E-state index contributed by atoms with van der Waals surface area (Å²) in [6, 6.07) is 7.17. The number of methoxy groups -OCH3 is 1. The molecule has 0 atom stereocenters. The lowest BCUT2D eigenvalue weighted by Crippen LogP contribution is -2.26. The van der Waals surface area contributed by atoms with E-state index >= 15 is 0 Å². The van der Waals surface area contributed by atoms with Crippen LogP contribution in [-0.4, -0.2) is 34.7 Å². The predicted octanol–water partition coefficient (Wildman–Crippen LogP) is 2.01. The zero-order valence-corrected chi connectivity index (χ0v) is 12.3. The van der Waals surface area contributed by atoms with Crippen molar-refractivity contribution in [2.75, 3.05) is 14.2 Å². The molecule has 5 nitrogen and oxygen atoms in total. The minimum atomic E-state index is -0.0350. The van der Waals surface area contributed by atoms with Crippen molar-refractivity contribution in [1.82, 2.24) is 14.7 Å². The molecular weight excluding hydrogens is 254 g/mol. The van der Waals surface area contributed by atoms with Gasteiger partial charge in [-0.15, -0.1) is 0 Å². The van der Waals surface area contributed by atoms with Crippen molar-refractivity contribution in [3.63, 3.8) is 0 Å². The second-order valence-corrected chi connectivity index (χ2v) is 4.81. The molecule has 0 saturated carbocycles. The fraction of sp³-hybridized carbons (Fsp3) is 0.333. The number of amides is 1. The van der Waals surface area contributed by atoms with Crippen molar-refractivity contribution in [1.29, 1.82) is 0 Å². The average molecular weight is 273 g/mol. The highest BCUT2D eigenvalue weighted by Gasteiger charge is 2.14. The molecule has 5 heteroatoms. The van der Waals surface area contributed by atoms with E-state index in [2.05, 4.69) is 5.10 Å². The molecular formula is C15H19N3O2.